The van der Waals surface area contributed by atoms with Crippen LogP contribution in [0.15, 0.2) is 152 Å². The number of nitrogens with zero attached hydrogens (tertiary/aromatic N) is 4. The Morgan fingerprint density at radius 3 is 1.90 bits per heavy atom. The maximum Gasteiger partial charge on any atom is 0.269 e. The highest BCUT2D eigenvalue weighted by Crippen LogP contribution is 2.50. The first kappa shape index (κ1) is 25.2. The molecular formula is C75H80N4OSi. The molecule has 0 unspecified atom stereocenters. The van der Waals surface area contributed by atoms with E-state index in [0.717, 1.165) is 92.8 Å². The lowest BCUT2D eigenvalue weighted by Crippen LogP contribution is -2.49. The number of para-hydroxylation sites is 2. The highest BCUT2D eigenvalue weighted by Gasteiger charge is 2.43. The van der Waals surface area contributed by atoms with E-state index in [4.69, 9.17) is 26.2 Å². The SMILES string of the molecule is [2H]c1c([2H])c2c(c([2H])c1-c1cccc(-c3c([2H])c([2H])c4c(c3[2H])C(C([2H])([2H])[2H])(C([2H])([2H])[2H])C([2H])([2H])C([2H])([2H])C4(C([2H])([2H])[2H])C([2H])([2H])[2H])c1-[n+]1[c-]n(-c3cccc(Oc4ccc5c6ccccc6n(-c6cc(C(C)(C)C)ccn6)c5c4)c3)c3cc4c(cc31)[Si]1(CCCC1)CCC4)C(C([2H])([2H])[2H])(C([2H])([2H])[2H])C([2H])([2H])C([2H])([2H])C2(C([2H])([2H])[2H])C([2H])([2H])[2H]. The molecule has 1 fully saturated rings. The van der Waals surface area contributed by atoms with E-state index in [1.165, 1.54) is 4.57 Å². The smallest absolute Gasteiger partial charge is 0.269 e. The average molecular weight is 1120 g/mol. The van der Waals surface area contributed by atoms with Crippen molar-refractivity contribution in [1.29, 1.82) is 0 Å². The van der Waals surface area contributed by atoms with Crippen LogP contribution in [0.25, 0.3) is 72.3 Å². The van der Waals surface area contributed by atoms with Gasteiger partial charge >= 0.3 is 0 Å². The van der Waals surface area contributed by atoms with Gasteiger partial charge in [-0.25, -0.2) is 4.98 Å². The number of rotatable bonds is 7. The molecule has 1 spiro atoms. The van der Waals surface area contributed by atoms with Gasteiger partial charge in [0.05, 0.1) is 49.7 Å². The number of aromatic nitrogens is 4. The minimum absolute atomic E-state index is 0.0106. The zero-order valence-corrected chi connectivity index (χ0v) is 45.6. The van der Waals surface area contributed by atoms with Crippen molar-refractivity contribution in [2.24, 2.45) is 0 Å². The van der Waals surface area contributed by atoms with E-state index < -0.39 is 196 Å². The molecule has 2 aliphatic heterocycles. The molecule has 6 heteroatoms. The van der Waals surface area contributed by atoms with Crippen LogP contribution >= 0.6 is 0 Å². The Morgan fingerprint density at radius 1 is 0.617 bits per heavy atom. The van der Waals surface area contributed by atoms with Gasteiger partial charge in [0.25, 0.3) is 6.33 Å². The van der Waals surface area contributed by atoms with Gasteiger partial charge in [-0.2, -0.15) is 0 Å². The van der Waals surface area contributed by atoms with Crippen LogP contribution in [0.2, 0.25) is 18.1 Å². The normalized spacial score (nSPS) is 29.1. The van der Waals surface area contributed by atoms with Crippen molar-refractivity contribution in [2.75, 3.05) is 0 Å². The fourth-order valence-electron chi connectivity index (χ4n) is 12.7. The Kier molecular flexibility index (Phi) is 5.76. The Balaban J connectivity index is 1.17. The summed E-state index contributed by atoms with van der Waals surface area (Å²) >= 11 is 0. The van der Waals surface area contributed by atoms with Crippen molar-refractivity contribution in [1.82, 2.24) is 14.1 Å². The number of ether oxygens (including phenoxy) is 1. The summed E-state index contributed by atoms with van der Waals surface area (Å²) in [5.74, 6) is 1.09. The molecule has 0 amide bonds. The summed E-state index contributed by atoms with van der Waals surface area (Å²) in [7, 11) is -2.62. The molecule has 3 aromatic heterocycles. The Labute approximate surface area is 535 Å². The zero-order chi connectivity index (χ0) is 88.4. The number of benzene rings is 7. The van der Waals surface area contributed by atoms with E-state index >= 15 is 0 Å². The lowest BCUT2D eigenvalue weighted by Gasteiger charge is -2.42. The van der Waals surface area contributed by atoms with Gasteiger partial charge in [-0.1, -0.05) is 209 Å². The molecule has 5 heterocycles. The van der Waals surface area contributed by atoms with E-state index in [1.807, 2.05) is 59.2 Å². The minimum Gasteiger partial charge on any atom is -0.458 e. The standard InChI is InChI=1S/C75H80N4OSi/c1-71(2,3)52-32-37-76-69(44-52)79-64-25-13-12-22-58(64)59-29-28-55(46-65(59)79)80-54-21-16-20-53(45-54)77-48-78(67-47-68-51(43-66(67)77)19-18-40-81(68)38-14-15-39-81)70-56(49-26-30-60-62(41-49)74(8,9)35-33-72(60,4)5)23-17-24-57(70)50-27-31-61-63(42-50)75(10,11)36-34-73(61,6)7/h12-13,16-17,20-32,37,41-47H,14-15,18-19,33-36,38-40H2,1-11H3/i4D3,5D3,6D3,7D3,8D3,9D3,10D3,11D3,26D,27D,30D,31D,33D2,34D2,35D2,36D2,41D,42D. The molecule has 0 radical (unpaired) electrons. The third-order valence-electron chi connectivity index (χ3n) is 16.7. The molecule has 1 saturated heterocycles. The number of pyridine rings is 1. The molecular weight excluding hydrogens is 1000 g/mol. The summed E-state index contributed by atoms with van der Waals surface area (Å²) in [6.07, 6.45) is -11.4. The predicted molar refractivity (Wildman–Crippen MR) is 340 cm³/mol. The van der Waals surface area contributed by atoms with E-state index in [0.29, 0.717) is 23.5 Å². The van der Waals surface area contributed by atoms with E-state index in [1.54, 1.807) is 42.6 Å². The predicted octanol–water partition coefficient (Wildman–Crippen LogP) is 18.7. The summed E-state index contributed by atoms with van der Waals surface area (Å²) in [6, 6.07) is 22.2. The first-order valence-corrected chi connectivity index (χ1v) is 29.7. The second-order valence-corrected chi connectivity index (χ2v) is 27.7. The molecule has 5 nitrogen and oxygen atoms in total. The first-order chi connectivity index (χ1) is 54.3. The molecule has 410 valence electrons. The fourth-order valence-corrected chi connectivity index (χ4v) is 18.3. The van der Waals surface area contributed by atoms with Gasteiger partial charge in [-0.05, 0) is 164 Å². The second-order valence-electron chi connectivity index (χ2n) is 23.1. The van der Waals surface area contributed by atoms with Crippen molar-refractivity contribution in [2.45, 2.75) is 172 Å². The highest BCUT2D eigenvalue weighted by molar-refractivity contribution is 6.93. The van der Waals surface area contributed by atoms with E-state index in [2.05, 4.69) is 27.1 Å². The van der Waals surface area contributed by atoms with Crippen LogP contribution in [-0.4, -0.2) is 22.2 Å². The molecule has 0 bridgehead atoms. The molecule has 0 atom stereocenters. The molecule has 81 heavy (non-hydrogen) atoms. The summed E-state index contributed by atoms with van der Waals surface area (Å²) < 4.78 is 369. The van der Waals surface area contributed by atoms with Gasteiger partial charge in [0.1, 0.15) is 17.3 Å². The Morgan fingerprint density at radius 2 is 1.23 bits per heavy atom. The summed E-state index contributed by atoms with van der Waals surface area (Å²) in [4.78, 5) is 4.82. The van der Waals surface area contributed by atoms with Crippen molar-refractivity contribution in [3.8, 4) is 50.9 Å². The van der Waals surface area contributed by atoms with Crippen LogP contribution in [0.4, 0.5) is 0 Å². The lowest BCUT2D eigenvalue weighted by molar-refractivity contribution is -0.571. The van der Waals surface area contributed by atoms with Gasteiger partial charge in [-0.15, -0.1) is 0 Å². The molecule has 0 N–H and O–H groups in total. The van der Waals surface area contributed by atoms with Crippen LogP contribution in [0.3, 0.4) is 0 Å². The minimum atomic E-state index is -4.85. The van der Waals surface area contributed by atoms with Crippen LogP contribution in [0.5, 0.6) is 11.5 Å². The summed E-state index contributed by atoms with van der Waals surface area (Å²) in [6.45, 7) is -30.1. The monoisotopic (exact) mass is 1120 g/mol. The zero-order valence-electron chi connectivity index (χ0n) is 82.6. The van der Waals surface area contributed by atoms with Crippen LogP contribution in [-0.2, 0) is 33.5 Å². The molecule has 7 aromatic carbocycles. The van der Waals surface area contributed by atoms with Gasteiger partial charge in [0.2, 0.25) is 0 Å². The molecule has 0 saturated carbocycles. The molecule has 4 aliphatic rings. The number of aryl methyl sites for hydroxylation is 1. The van der Waals surface area contributed by atoms with Crippen LogP contribution in [0, 0.1) is 6.33 Å². The van der Waals surface area contributed by atoms with Gasteiger partial charge in [0.15, 0.2) is 0 Å². The third-order valence-corrected chi connectivity index (χ3v) is 22.3. The van der Waals surface area contributed by atoms with Crippen LogP contribution < -0.4 is 14.5 Å². The molecule has 14 rings (SSSR count). The van der Waals surface area contributed by atoms with Crippen LogP contribution in [0.1, 0.15) is 206 Å². The van der Waals surface area contributed by atoms with Crippen molar-refractivity contribution < 1.29 is 61.4 Å². The lowest BCUT2D eigenvalue weighted by atomic mass is 9.62. The maximum atomic E-state index is 10.6. The highest BCUT2D eigenvalue weighted by atomic mass is 28.3. The van der Waals surface area contributed by atoms with Crippen molar-refractivity contribution in [3.63, 3.8) is 0 Å². The first-order valence-electron chi connectivity index (χ1n) is 46.1. The Hall–Kier alpha value is -7.02. The average Bonchev–Trinajstić information content (AvgIpc) is 0.749. The maximum absolute atomic E-state index is 10.6. The number of fused-ring (bicyclic) bond motifs is 8. The molecule has 2 aliphatic carbocycles. The van der Waals surface area contributed by atoms with Crippen molar-refractivity contribution in [3.05, 3.63) is 191 Å². The van der Waals surface area contributed by atoms with E-state index in [-0.39, 0.29) is 27.9 Å². The summed E-state index contributed by atoms with van der Waals surface area (Å²) in [5, 5.41) is 2.61. The van der Waals surface area contributed by atoms with E-state index in [9.17, 15) is 35.6 Å². The van der Waals surface area contributed by atoms with Gasteiger partial charge in [0, 0.05) is 66.9 Å². The summed E-state index contributed by atoms with van der Waals surface area (Å²) in [5.41, 5.74) is -27.7. The largest absolute Gasteiger partial charge is 0.458 e. The van der Waals surface area contributed by atoms with Crippen molar-refractivity contribution >= 4 is 46.1 Å². The quantitative estimate of drug-likeness (QED) is 0.0906. The topological polar surface area (TPSA) is 35.9 Å². The third kappa shape index (κ3) is 8.58. The van der Waals surface area contributed by atoms with Gasteiger partial charge in [-0.3, -0.25) is 13.7 Å². The Bertz CT molecular complexity index is 5630. The number of imidazole rings is 1. The number of hydrogen-bond acceptors (Lipinski definition) is 2. The number of hydrogen-bond donors (Lipinski definition) is 0. The fraction of sp³-hybridized carbons (Fsp3) is 0.360. The van der Waals surface area contributed by atoms with Gasteiger partial charge < -0.3 is 4.74 Å². The molecule has 10 aromatic rings. The second kappa shape index (κ2) is 18.5.